The molecule has 1 rings (SSSR count). The summed E-state index contributed by atoms with van der Waals surface area (Å²) in [7, 11) is 0. The first-order chi connectivity index (χ1) is 7.83. The molecule has 1 aromatic rings. The van der Waals surface area contributed by atoms with Crippen molar-refractivity contribution < 1.29 is 27.4 Å². The van der Waals surface area contributed by atoms with Crippen molar-refractivity contribution in [1.82, 2.24) is 4.98 Å². The average Bonchev–Trinajstić information content (AvgIpc) is 2.15. The van der Waals surface area contributed by atoms with Gasteiger partial charge >= 0.3 is 12.3 Å². The first kappa shape index (κ1) is 13.1. The van der Waals surface area contributed by atoms with Crippen LogP contribution >= 0.6 is 0 Å². The standard InChI is InChI=1S/C9H9F3N2O3/c1-2-16-8(15)5-4-14-7(3-6(5)13)17-9(10,11)12/h3-4H,2H2,1H3,(H2,13,14). The zero-order valence-electron chi connectivity index (χ0n) is 8.75. The molecule has 2 N–H and O–H groups in total. The maximum absolute atomic E-state index is 11.9. The maximum atomic E-state index is 11.9. The molecule has 0 aliphatic heterocycles. The minimum Gasteiger partial charge on any atom is -0.462 e. The Kier molecular flexibility index (Phi) is 3.77. The monoisotopic (exact) mass is 250 g/mol. The first-order valence-electron chi connectivity index (χ1n) is 4.52. The van der Waals surface area contributed by atoms with E-state index in [1.807, 2.05) is 0 Å². The van der Waals surface area contributed by atoms with Crippen molar-refractivity contribution in [3.05, 3.63) is 17.8 Å². The lowest BCUT2D eigenvalue weighted by molar-refractivity contribution is -0.276. The Morgan fingerprint density at radius 2 is 2.18 bits per heavy atom. The van der Waals surface area contributed by atoms with Crippen molar-refractivity contribution in [1.29, 1.82) is 0 Å². The number of halogens is 3. The number of nitrogen functional groups attached to an aromatic ring is 1. The van der Waals surface area contributed by atoms with Crippen LogP contribution in [0.25, 0.3) is 0 Å². The van der Waals surface area contributed by atoms with Crippen molar-refractivity contribution in [2.75, 3.05) is 12.3 Å². The Bertz CT molecular complexity index is 420. The molecule has 0 spiro atoms. The summed E-state index contributed by atoms with van der Waals surface area (Å²) in [6.07, 6.45) is -3.99. The molecular weight excluding hydrogens is 241 g/mol. The van der Waals surface area contributed by atoms with Gasteiger partial charge in [0, 0.05) is 12.3 Å². The highest BCUT2D eigenvalue weighted by molar-refractivity contribution is 5.94. The molecule has 0 bridgehead atoms. The van der Waals surface area contributed by atoms with Crippen molar-refractivity contribution in [2.45, 2.75) is 13.3 Å². The summed E-state index contributed by atoms with van der Waals surface area (Å²) in [6.45, 7) is 1.71. The van der Waals surface area contributed by atoms with Gasteiger partial charge in [-0.15, -0.1) is 13.2 Å². The van der Waals surface area contributed by atoms with Gasteiger partial charge in [-0.1, -0.05) is 0 Å². The zero-order valence-corrected chi connectivity index (χ0v) is 8.75. The van der Waals surface area contributed by atoms with Crippen LogP contribution in [0.5, 0.6) is 5.88 Å². The van der Waals surface area contributed by atoms with E-state index in [4.69, 9.17) is 5.73 Å². The molecule has 0 aliphatic carbocycles. The molecule has 5 nitrogen and oxygen atoms in total. The molecule has 8 heteroatoms. The summed E-state index contributed by atoms with van der Waals surface area (Å²) in [5.74, 6) is -1.49. The molecule has 0 aliphatic rings. The van der Waals surface area contributed by atoms with Crippen LogP contribution in [0.1, 0.15) is 17.3 Å². The Balaban J connectivity index is 2.90. The quantitative estimate of drug-likeness (QED) is 0.827. The predicted molar refractivity (Wildman–Crippen MR) is 51.3 cm³/mol. The summed E-state index contributed by atoms with van der Waals surface area (Å²) < 4.78 is 43.7. The molecule has 1 aromatic heterocycles. The summed E-state index contributed by atoms with van der Waals surface area (Å²) in [6, 6.07) is 0.805. The molecule has 0 atom stereocenters. The smallest absolute Gasteiger partial charge is 0.462 e. The molecule has 1 heterocycles. The molecule has 0 unspecified atom stereocenters. The summed E-state index contributed by atoms with van der Waals surface area (Å²) in [5, 5.41) is 0. The van der Waals surface area contributed by atoms with Gasteiger partial charge in [0.25, 0.3) is 0 Å². The van der Waals surface area contributed by atoms with Gasteiger partial charge in [-0.25, -0.2) is 9.78 Å². The molecule has 0 fully saturated rings. The van der Waals surface area contributed by atoms with E-state index in [1.54, 1.807) is 6.92 Å². The predicted octanol–water partition coefficient (Wildman–Crippen LogP) is 1.74. The van der Waals surface area contributed by atoms with Gasteiger partial charge in [0.1, 0.15) is 5.56 Å². The van der Waals surface area contributed by atoms with Crippen LogP contribution in [0.15, 0.2) is 12.3 Å². The normalized spacial score (nSPS) is 11.1. The third kappa shape index (κ3) is 3.82. The summed E-state index contributed by atoms with van der Waals surface area (Å²) >= 11 is 0. The van der Waals surface area contributed by atoms with E-state index in [9.17, 15) is 18.0 Å². The number of nitrogens with two attached hydrogens (primary N) is 1. The molecule has 0 saturated heterocycles. The van der Waals surface area contributed by atoms with E-state index in [0.29, 0.717) is 0 Å². The second-order valence-electron chi connectivity index (χ2n) is 2.88. The van der Waals surface area contributed by atoms with E-state index in [-0.39, 0.29) is 17.9 Å². The highest BCUT2D eigenvalue weighted by Gasteiger charge is 2.32. The lowest BCUT2D eigenvalue weighted by atomic mass is 10.2. The molecule has 0 aromatic carbocycles. The molecule has 0 amide bonds. The highest BCUT2D eigenvalue weighted by atomic mass is 19.4. The number of hydrogen-bond acceptors (Lipinski definition) is 5. The minimum absolute atomic E-state index is 0.110. The SMILES string of the molecule is CCOC(=O)c1cnc(OC(F)(F)F)cc1N. The fourth-order valence-corrected chi connectivity index (χ4v) is 1.00. The maximum Gasteiger partial charge on any atom is 0.574 e. The number of ether oxygens (including phenoxy) is 2. The van der Waals surface area contributed by atoms with Crippen molar-refractivity contribution in [2.24, 2.45) is 0 Å². The minimum atomic E-state index is -4.86. The van der Waals surface area contributed by atoms with Crippen LogP contribution in [-0.4, -0.2) is 23.9 Å². The largest absolute Gasteiger partial charge is 0.574 e. The van der Waals surface area contributed by atoms with Crippen LogP contribution in [0.4, 0.5) is 18.9 Å². The van der Waals surface area contributed by atoms with Crippen LogP contribution in [0.2, 0.25) is 0 Å². The molecular formula is C9H9F3N2O3. The fourth-order valence-electron chi connectivity index (χ4n) is 1.00. The number of rotatable bonds is 3. The van der Waals surface area contributed by atoms with E-state index in [0.717, 1.165) is 12.3 Å². The number of esters is 1. The number of carbonyl (C=O) groups is 1. The Hall–Kier alpha value is -1.99. The first-order valence-corrected chi connectivity index (χ1v) is 4.52. The number of anilines is 1. The van der Waals surface area contributed by atoms with Gasteiger partial charge in [0.2, 0.25) is 5.88 Å². The third-order valence-corrected chi connectivity index (χ3v) is 1.63. The average molecular weight is 250 g/mol. The van der Waals surface area contributed by atoms with Gasteiger partial charge < -0.3 is 15.2 Å². The Labute approximate surface area is 94.3 Å². The summed E-state index contributed by atoms with van der Waals surface area (Å²) in [5.41, 5.74) is 5.08. The topological polar surface area (TPSA) is 74.4 Å². The van der Waals surface area contributed by atoms with Crippen LogP contribution in [0.3, 0.4) is 0 Å². The molecule has 94 valence electrons. The number of hydrogen-bond donors (Lipinski definition) is 1. The Morgan fingerprint density at radius 3 is 2.65 bits per heavy atom. The number of pyridine rings is 1. The Morgan fingerprint density at radius 1 is 1.53 bits per heavy atom. The summed E-state index contributed by atoms with van der Waals surface area (Å²) in [4.78, 5) is 14.6. The zero-order chi connectivity index (χ0) is 13.1. The second-order valence-corrected chi connectivity index (χ2v) is 2.88. The number of nitrogens with zero attached hydrogens (tertiary/aromatic N) is 1. The van der Waals surface area contributed by atoms with Gasteiger partial charge in [-0.2, -0.15) is 0 Å². The lowest BCUT2D eigenvalue weighted by Gasteiger charge is -2.09. The number of alkyl halides is 3. The molecule has 0 saturated carbocycles. The second kappa shape index (κ2) is 4.89. The van der Waals surface area contributed by atoms with Gasteiger partial charge in [-0.3, -0.25) is 0 Å². The van der Waals surface area contributed by atoms with Crippen molar-refractivity contribution in [3.63, 3.8) is 0 Å². The third-order valence-electron chi connectivity index (χ3n) is 1.63. The molecule has 0 radical (unpaired) electrons. The van der Waals surface area contributed by atoms with E-state index < -0.39 is 18.2 Å². The molecule has 17 heavy (non-hydrogen) atoms. The van der Waals surface area contributed by atoms with E-state index in [1.165, 1.54) is 0 Å². The highest BCUT2D eigenvalue weighted by Crippen LogP contribution is 2.24. The van der Waals surface area contributed by atoms with Crippen LogP contribution in [0, 0.1) is 0 Å². The van der Waals surface area contributed by atoms with Gasteiger partial charge in [-0.05, 0) is 6.92 Å². The van der Waals surface area contributed by atoms with Crippen LogP contribution in [-0.2, 0) is 4.74 Å². The van der Waals surface area contributed by atoms with Gasteiger partial charge in [0.15, 0.2) is 0 Å². The van der Waals surface area contributed by atoms with E-state index >= 15 is 0 Å². The lowest BCUT2D eigenvalue weighted by Crippen LogP contribution is -2.18. The van der Waals surface area contributed by atoms with Gasteiger partial charge in [0.05, 0.1) is 12.3 Å². The fraction of sp³-hybridized carbons (Fsp3) is 0.333. The van der Waals surface area contributed by atoms with Crippen molar-refractivity contribution in [3.8, 4) is 5.88 Å². The van der Waals surface area contributed by atoms with Crippen molar-refractivity contribution >= 4 is 11.7 Å². The number of aromatic nitrogens is 1. The number of carbonyl (C=O) groups excluding carboxylic acids is 1. The van der Waals surface area contributed by atoms with Crippen LogP contribution < -0.4 is 10.5 Å². The van der Waals surface area contributed by atoms with E-state index in [2.05, 4.69) is 14.5 Å².